The molecule has 1 aliphatic heterocycles. The highest BCUT2D eigenvalue weighted by Crippen LogP contribution is 2.14. The lowest BCUT2D eigenvalue weighted by Gasteiger charge is -2.22. The van der Waals surface area contributed by atoms with Gasteiger partial charge in [0.15, 0.2) is 13.2 Å². The number of amides is 2. The molecule has 154 valence electrons. The quantitative estimate of drug-likeness (QED) is 0.753. The van der Waals surface area contributed by atoms with Gasteiger partial charge in [0, 0.05) is 26.2 Å². The van der Waals surface area contributed by atoms with E-state index in [4.69, 9.17) is 9.47 Å². The molecule has 1 heterocycles. The van der Waals surface area contributed by atoms with Gasteiger partial charge in [-0.15, -0.1) is 0 Å². The van der Waals surface area contributed by atoms with Gasteiger partial charge in [0.1, 0.15) is 11.5 Å². The first-order valence-corrected chi connectivity index (χ1v) is 9.96. The Bertz CT molecular complexity index is 783. The van der Waals surface area contributed by atoms with Crippen LogP contribution in [0.2, 0.25) is 0 Å². The topological polar surface area (TPSA) is 59.1 Å². The van der Waals surface area contributed by atoms with Crippen LogP contribution in [0.15, 0.2) is 48.5 Å². The maximum absolute atomic E-state index is 12.5. The number of aryl methyl sites for hydroxylation is 2. The highest BCUT2D eigenvalue weighted by atomic mass is 16.5. The zero-order chi connectivity index (χ0) is 20.6. The summed E-state index contributed by atoms with van der Waals surface area (Å²) in [6.07, 6.45) is 0.742. The third-order valence-corrected chi connectivity index (χ3v) is 4.91. The van der Waals surface area contributed by atoms with Gasteiger partial charge >= 0.3 is 0 Å². The first kappa shape index (κ1) is 20.7. The molecule has 0 unspecified atom stereocenters. The van der Waals surface area contributed by atoms with Gasteiger partial charge in [0.2, 0.25) is 0 Å². The molecule has 6 heteroatoms. The third-order valence-electron chi connectivity index (χ3n) is 4.91. The first-order valence-electron chi connectivity index (χ1n) is 9.96. The van der Waals surface area contributed by atoms with E-state index in [1.54, 1.807) is 9.80 Å². The Kier molecular flexibility index (Phi) is 7.11. The molecule has 1 saturated heterocycles. The highest BCUT2D eigenvalue weighted by molar-refractivity contribution is 5.79. The summed E-state index contributed by atoms with van der Waals surface area (Å²) in [6.45, 7) is 6.24. The van der Waals surface area contributed by atoms with Gasteiger partial charge in [-0.25, -0.2) is 0 Å². The van der Waals surface area contributed by atoms with Crippen molar-refractivity contribution in [3.63, 3.8) is 0 Å². The van der Waals surface area contributed by atoms with Crippen LogP contribution in [0.25, 0.3) is 0 Å². The molecule has 29 heavy (non-hydrogen) atoms. The van der Waals surface area contributed by atoms with E-state index in [1.165, 1.54) is 0 Å². The number of hydrogen-bond acceptors (Lipinski definition) is 4. The van der Waals surface area contributed by atoms with E-state index < -0.39 is 0 Å². The van der Waals surface area contributed by atoms with Crippen molar-refractivity contribution in [1.82, 2.24) is 9.80 Å². The van der Waals surface area contributed by atoms with Gasteiger partial charge < -0.3 is 19.3 Å². The fraction of sp³-hybridized carbons (Fsp3) is 0.391. The van der Waals surface area contributed by atoms with E-state index in [2.05, 4.69) is 0 Å². The van der Waals surface area contributed by atoms with E-state index in [1.807, 2.05) is 62.4 Å². The zero-order valence-electron chi connectivity index (χ0n) is 17.1. The normalized spacial score (nSPS) is 14.3. The standard InChI is InChI=1S/C23H28N2O4/c1-18-6-3-8-20(14-18)28-16-22(26)24-10-5-11-25(13-12-24)23(27)17-29-21-9-4-7-19(2)15-21/h3-4,6-9,14-15H,5,10-13,16-17H2,1-2H3. The lowest BCUT2D eigenvalue weighted by Crippen LogP contribution is -2.40. The Labute approximate surface area is 172 Å². The summed E-state index contributed by atoms with van der Waals surface area (Å²) in [7, 11) is 0. The molecule has 0 radical (unpaired) electrons. The summed E-state index contributed by atoms with van der Waals surface area (Å²) in [6, 6.07) is 15.3. The molecule has 0 atom stereocenters. The van der Waals surface area contributed by atoms with Crippen molar-refractivity contribution in [2.24, 2.45) is 0 Å². The minimum absolute atomic E-state index is 0.00781. The lowest BCUT2D eigenvalue weighted by molar-refractivity contribution is -0.135. The molecule has 0 aliphatic carbocycles. The predicted octanol–water partition coefficient (Wildman–Crippen LogP) is 2.82. The number of carbonyl (C=O) groups excluding carboxylic acids is 2. The van der Waals surface area contributed by atoms with Gasteiger partial charge in [-0.05, 0) is 55.7 Å². The second kappa shape index (κ2) is 9.96. The molecule has 0 saturated carbocycles. The van der Waals surface area contributed by atoms with E-state index in [0.29, 0.717) is 37.7 Å². The summed E-state index contributed by atoms with van der Waals surface area (Å²) in [4.78, 5) is 28.5. The minimum Gasteiger partial charge on any atom is -0.484 e. The number of nitrogens with zero attached hydrogens (tertiary/aromatic N) is 2. The Morgan fingerprint density at radius 1 is 0.759 bits per heavy atom. The maximum atomic E-state index is 12.5. The average molecular weight is 396 g/mol. The van der Waals surface area contributed by atoms with Crippen molar-refractivity contribution in [1.29, 1.82) is 0 Å². The van der Waals surface area contributed by atoms with Gasteiger partial charge in [0.05, 0.1) is 0 Å². The fourth-order valence-corrected chi connectivity index (χ4v) is 3.30. The number of ether oxygens (including phenoxy) is 2. The van der Waals surface area contributed by atoms with E-state index in [0.717, 1.165) is 17.5 Å². The molecule has 3 rings (SSSR count). The van der Waals surface area contributed by atoms with Crippen molar-refractivity contribution in [3.05, 3.63) is 59.7 Å². The molecule has 2 amide bonds. The van der Waals surface area contributed by atoms with Crippen molar-refractivity contribution in [2.45, 2.75) is 20.3 Å². The van der Waals surface area contributed by atoms with Crippen LogP contribution in [0.5, 0.6) is 11.5 Å². The predicted molar refractivity (Wildman–Crippen MR) is 111 cm³/mol. The Balaban J connectivity index is 1.45. The van der Waals surface area contributed by atoms with E-state index >= 15 is 0 Å². The minimum atomic E-state index is -0.0585. The summed E-state index contributed by atoms with van der Waals surface area (Å²) in [5, 5.41) is 0. The van der Waals surface area contributed by atoms with Gasteiger partial charge in [-0.2, -0.15) is 0 Å². The molecule has 1 aliphatic rings. The number of benzene rings is 2. The number of hydrogen-bond donors (Lipinski definition) is 0. The Hall–Kier alpha value is -3.02. The molecule has 1 fully saturated rings. The molecule has 2 aromatic carbocycles. The van der Waals surface area contributed by atoms with Gasteiger partial charge in [0.25, 0.3) is 11.8 Å². The first-order chi connectivity index (χ1) is 14.0. The number of rotatable bonds is 6. The second-order valence-corrected chi connectivity index (χ2v) is 7.33. The monoisotopic (exact) mass is 396 g/mol. The maximum Gasteiger partial charge on any atom is 0.260 e. The molecular formula is C23H28N2O4. The third kappa shape index (κ3) is 6.24. The van der Waals surface area contributed by atoms with Crippen molar-refractivity contribution >= 4 is 11.8 Å². The SMILES string of the molecule is Cc1cccc(OCC(=O)N2CCCN(C(=O)COc3cccc(C)c3)CC2)c1. The second-order valence-electron chi connectivity index (χ2n) is 7.33. The van der Waals surface area contributed by atoms with Crippen LogP contribution in [-0.2, 0) is 9.59 Å². The van der Waals surface area contributed by atoms with Gasteiger partial charge in [-0.3, -0.25) is 9.59 Å². The summed E-state index contributed by atoms with van der Waals surface area (Å²) < 4.78 is 11.2. The summed E-state index contributed by atoms with van der Waals surface area (Å²) in [5.74, 6) is 1.27. The molecular weight excluding hydrogens is 368 g/mol. The molecule has 0 aromatic heterocycles. The molecule has 6 nitrogen and oxygen atoms in total. The van der Waals surface area contributed by atoms with Crippen LogP contribution in [0.3, 0.4) is 0 Å². The van der Waals surface area contributed by atoms with Gasteiger partial charge in [-0.1, -0.05) is 24.3 Å². The van der Waals surface area contributed by atoms with Crippen LogP contribution in [-0.4, -0.2) is 61.0 Å². The van der Waals surface area contributed by atoms with E-state index in [9.17, 15) is 9.59 Å². The zero-order valence-corrected chi connectivity index (χ0v) is 17.1. The van der Waals surface area contributed by atoms with Crippen molar-refractivity contribution in [2.75, 3.05) is 39.4 Å². The Morgan fingerprint density at radius 2 is 1.21 bits per heavy atom. The summed E-state index contributed by atoms with van der Waals surface area (Å²) in [5.41, 5.74) is 2.18. The lowest BCUT2D eigenvalue weighted by atomic mass is 10.2. The van der Waals surface area contributed by atoms with Crippen LogP contribution >= 0.6 is 0 Å². The van der Waals surface area contributed by atoms with Crippen LogP contribution in [0, 0.1) is 13.8 Å². The highest BCUT2D eigenvalue weighted by Gasteiger charge is 2.22. The van der Waals surface area contributed by atoms with Crippen LogP contribution < -0.4 is 9.47 Å². The smallest absolute Gasteiger partial charge is 0.260 e. The van der Waals surface area contributed by atoms with Crippen molar-refractivity contribution in [3.8, 4) is 11.5 Å². The molecule has 2 aromatic rings. The molecule has 0 bridgehead atoms. The molecule has 0 N–H and O–H groups in total. The van der Waals surface area contributed by atoms with Crippen LogP contribution in [0.1, 0.15) is 17.5 Å². The Morgan fingerprint density at radius 3 is 1.62 bits per heavy atom. The largest absolute Gasteiger partial charge is 0.484 e. The van der Waals surface area contributed by atoms with Crippen LogP contribution in [0.4, 0.5) is 0 Å². The van der Waals surface area contributed by atoms with E-state index in [-0.39, 0.29) is 25.0 Å². The fourth-order valence-electron chi connectivity index (χ4n) is 3.30. The average Bonchev–Trinajstić information content (AvgIpc) is 2.97. The van der Waals surface area contributed by atoms with Crippen molar-refractivity contribution < 1.29 is 19.1 Å². The summed E-state index contributed by atoms with van der Waals surface area (Å²) >= 11 is 0. The molecule has 0 spiro atoms. The number of carbonyl (C=O) groups is 2.